The topological polar surface area (TPSA) is 127 Å². The summed E-state index contributed by atoms with van der Waals surface area (Å²) in [5.41, 5.74) is -0.0797. The van der Waals surface area contributed by atoms with Crippen molar-refractivity contribution < 1.29 is 38.9 Å². The van der Waals surface area contributed by atoms with Crippen molar-refractivity contribution in [2.75, 3.05) is 14.2 Å². The first-order valence-electron chi connectivity index (χ1n) is 8.12. The molecule has 28 heavy (non-hydrogen) atoms. The predicted molar refractivity (Wildman–Crippen MR) is 96.9 cm³/mol. The Morgan fingerprint density at radius 2 is 0.929 bits per heavy atom. The van der Waals surface area contributed by atoms with E-state index in [1.165, 1.54) is 62.8 Å². The summed E-state index contributed by atoms with van der Waals surface area (Å²) in [4.78, 5) is 48.9. The van der Waals surface area contributed by atoms with Crippen molar-refractivity contribution in [1.82, 2.24) is 0 Å². The number of hydrogen-bond donors (Lipinski definition) is 2. The molecule has 0 saturated carbocycles. The Kier molecular flexibility index (Phi) is 6.49. The molecule has 2 rings (SSSR count). The fourth-order valence-electron chi connectivity index (χ4n) is 2.68. The third-order valence-corrected chi connectivity index (χ3v) is 4.18. The third kappa shape index (κ3) is 4.35. The van der Waals surface area contributed by atoms with Gasteiger partial charge in [-0.05, 0) is 48.5 Å². The number of aliphatic carboxylic acids is 2. The normalized spacial score (nSPS) is 12.5. The molecule has 0 aliphatic rings. The second-order valence-electron chi connectivity index (χ2n) is 5.82. The first-order valence-corrected chi connectivity index (χ1v) is 8.12. The van der Waals surface area contributed by atoms with Gasteiger partial charge in [-0.3, -0.25) is 19.2 Å². The van der Waals surface area contributed by atoms with Gasteiger partial charge < -0.3 is 19.7 Å². The lowest BCUT2D eigenvalue weighted by atomic mass is 9.81. The van der Waals surface area contributed by atoms with Crippen LogP contribution in [-0.4, -0.2) is 47.9 Å². The molecular weight excluding hydrogens is 368 g/mol. The first kappa shape index (κ1) is 20.6. The Hall–Kier alpha value is -3.68. The molecule has 0 spiro atoms. The van der Waals surface area contributed by atoms with E-state index in [1.54, 1.807) is 0 Å². The molecule has 8 heteroatoms. The number of ketones is 2. The first-order chi connectivity index (χ1) is 13.3. The van der Waals surface area contributed by atoms with Gasteiger partial charge in [0.2, 0.25) is 0 Å². The van der Waals surface area contributed by atoms with E-state index in [-0.39, 0.29) is 11.1 Å². The molecule has 0 fully saturated rings. The molecule has 0 heterocycles. The molecule has 0 saturated heterocycles. The lowest BCUT2D eigenvalue weighted by Gasteiger charge is -2.19. The maximum Gasteiger partial charge on any atom is 0.315 e. The Bertz CT molecular complexity index is 808. The van der Waals surface area contributed by atoms with Crippen molar-refractivity contribution in [3.8, 4) is 11.5 Å². The standard InChI is InChI=1S/C20H18O8/c1-27-13-7-3-11(4-8-13)17(21)15(19(23)24)16(20(25)26)18(22)12-5-9-14(28-2)10-6-12/h3-10,15-16H,1-2H3,(H,23,24)(H,25,26). The van der Waals surface area contributed by atoms with E-state index in [2.05, 4.69) is 0 Å². The highest BCUT2D eigenvalue weighted by molar-refractivity contribution is 6.18. The van der Waals surface area contributed by atoms with Crippen LogP contribution < -0.4 is 9.47 Å². The average molecular weight is 386 g/mol. The molecule has 2 N–H and O–H groups in total. The smallest absolute Gasteiger partial charge is 0.315 e. The third-order valence-electron chi connectivity index (χ3n) is 4.18. The van der Waals surface area contributed by atoms with Crippen molar-refractivity contribution in [3.05, 3.63) is 59.7 Å². The number of carbonyl (C=O) groups is 4. The molecule has 2 aromatic carbocycles. The van der Waals surface area contributed by atoms with Gasteiger partial charge in [-0.25, -0.2) is 0 Å². The molecular formula is C20H18O8. The highest BCUT2D eigenvalue weighted by Gasteiger charge is 2.44. The highest BCUT2D eigenvalue weighted by Crippen LogP contribution is 2.25. The lowest BCUT2D eigenvalue weighted by Crippen LogP contribution is -2.40. The summed E-state index contributed by atoms with van der Waals surface area (Å²) >= 11 is 0. The Morgan fingerprint density at radius 1 is 0.643 bits per heavy atom. The number of ether oxygens (including phenoxy) is 2. The fourth-order valence-corrected chi connectivity index (χ4v) is 2.68. The second kappa shape index (κ2) is 8.81. The van der Waals surface area contributed by atoms with E-state index < -0.39 is 35.3 Å². The van der Waals surface area contributed by atoms with Crippen LogP contribution in [0, 0.1) is 11.8 Å². The Morgan fingerprint density at radius 3 is 1.14 bits per heavy atom. The van der Waals surface area contributed by atoms with E-state index in [4.69, 9.17) is 9.47 Å². The van der Waals surface area contributed by atoms with Crippen molar-refractivity contribution in [3.63, 3.8) is 0 Å². The largest absolute Gasteiger partial charge is 0.497 e. The lowest BCUT2D eigenvalue weighted by molar-refractivity contribution is -0.149. The van der Waals surface area contributed by atoms with Crippen LogP contribution >= 0.6 is 0 Å². The summed E-state index contributed by atoms with van der Waals surface area (Å²) in [7, 11) is 2.84. The van der Waals surface area contributed by atoms with Crippen molar-refractivity contribution in [2.24, 2.45) is 11.8 Å². The van der Waals surface area contributed by atoms with Crippen LogP contribution in [0.3, 0.4) is 0 Å². The van der Waals surface area contributed by atoms with Gasteiger partial charge in [0.05, 0.1) is 14.2 Å². The number of methoxy groups -OCH3 is 2. The minimum atomic E-state index is -2.08. The number of carboxylic acid groups (broad SMARTS) is 2. The zero-order valence-electron chi connectivity index (χ0n) is 15.1. The second-order valence-corrected chi connectivity index (χ2v) is 5.82. The van der Waals surface area contributed by atoms with Gasteiger partial charge in [-0.2, -0.15) is 0 Å². The monoisotopic (exact) mass is 386 g/mol. The fraction of sp³-hybridized carbons (Fsp3) is 0.200. The molecule has 0 radical (unpaired) electrons. The summed E-state index contributed by atoms with van der Waals surface area (Å²) in [6, 6.07) is 11.0. The summed E-state index contributed by atoms with van der Waals surface area (Å²) < 4.78 is 9.94. The van der Waals surface area contributed by atoms with E-state index in [1.807, 2.05) is 0 Å². The van der Waals surface area contributed by atoms with Crippen LogP contribution in [-0.2, 0) is 9.59 Å². The van der Waals surface area contributed by atoms with E-state index in [0.29, 0.717) is 11.5 Å². The predicted octanol–water partition coefficient (Wildman–Crippen LogP) is 2.17. The van der Waals surface area contributed by atoms with Crippen molar-refractivity contribution >= 4 is 23.5 Å². The number of hydrogen-bond acceptors (Lipinski definition) is 6. The summed E-state index contributed by atoms with van der Waals surface area (Å²) in [5.74, 6) is -8.65. The van der Waals surface area contributed by atoms with Gasteiger partial charge in [0.25, 0.3) is 0 Å². The number of rotatable bonds is 9. The maximum absolute atomic E-state index is 12.7. The van der Waals surface area contributed by atoms with Gasteiger partial charge >= 0.3 is 11.9 Å². The SMILES string of the molecule is COc1ccc(C(=O)C(C(=O)O)C(C(=O)O)C(=O)c2ccc(OC)cc2)cc1. The van der Waals surface area contributed by atoms with Crippen LogP contribution in [0.25, 0.3) is 0 Å². The van der Waals surface area contributed by atoms with Gasteiger partial charge in [0, 0.05) is 11.1 Å². The summed E-state index contributed by atoms with van der Waals surface area (Å²) in [6.07, 6.45) is 0. The minimum Gasteiger partial charge on any atom is -0.497 e. The van der Waals surface area contributed by atoms with Crippen LogP contribution in [0.2, 0.25) is 0 Å². The summed E-state index contributed by atoms with van der Waals surface area (Å²) in [6.45, 7) is 0. The van der Waals surface area contributed by atoms with E-state index >= 15 is 0 Å². The molecule has 0 aromatic heterocycles. The molecule has 2 aromatic rings. The van der Waals surface area contributed by atoms with Gasteiger partial charge in [-0.15, -0.1) is 0 Å². The molecule has 146 valence electrons. The van der Waals surface area contributed by atoms with Crippen molar-refractivity contribution in [2.45, 2.75) is 0 Å². The maximum atomic E-state index is 12.7. The van der Waals surface area contributed by atoms with E-state index in [0.717, 1.165) is 0 Å². The summed E-state index contributed by atoms with van der Waals surface area (Å²) in [5, 5.41) is 19.0. The number of benzene rings is 2. The van der Waals surface area contributed by atoms with Crippen LogP contribution in [0.1, 0.15) is 20.7 Å². The molecule has 8 nitrogen and oxygen atoms in total. The Labute approximate surface area is 160 Å². The molecule has 0 amide bonds. The number of carboxylic acids is 2. The van der Waals surface area contributed by atoms with Crippen LogP contribution in [0.15, 0.2) is 48.5 Å². The molecule has 0 aliphatic carbocycles. The van der Waals surface area contributed by atoms with Gasteiger partial charge in [0.1, 0.15) is 23.3 Å². The number of carbonyl (C=O) groups excluding carboxylic acids is 2. The molecule has 0 bridgehead atoms. The number of Topliss-reactive ketones (excluding diaryl/α,β-unsaturated/α-hetero) is 2. The van der Waals surface area contributed by atoms with Crippen LogP contribution in [0.5, 0.6) is 11.5 Å². The Balaban J connectivity index is 2.42. The molecule has 2 unspecified atom stereocenters. The zero-order valence-corrected chi connectivity index (χ0v) is 15.1. The van der Waals surface area contributed by atoms with E-state index in [9.17, 15) is 29.4 Å². The zero-order chi connectivity index (χ0) is 20.8. The average Bonchev–Trinajstić information content (AvgIpc) is 2.70. The molecule has 0 aliphatic heterocycles. The van der Waals surface area contributed by atoms with Crippen LogP contribution in [0.4, 0.5) is 0 Å². The van der Waals surface area contributed by atoms with Gasteiger partial charge in [-0.1, -0.05) is 0 Å². The minimum absolute atomic E-state index is 0.0398. The quantitative estimate of drug-likeness (QED) is 0.496. The molecule has 2 atom stereocenters. The van der Waals surface area contributed by atoms with Gasteiger partial charge in [0.15, 0.2) is 11.6 Å². The van der Waals surface area contributed by atoms with Crippen molar-refractivity contribution in [1.29, 1.82) is 0 Å². The highest BCUT2D eigenvalue weighted by atomic mass is 16.5.